The number of ketones is 2. The summed E-state index contributed by atoms with van der Waals surface area (Å²) in [6.07, 6.45) is 0. The fourth-order valence-electron chi connectivity index (χ4n) is 1.28. The van der Waals surface area contributed by atoms with Gasteiger partial charge in [0.2, 0.25) is 0 Å². The third-order valence-corrected chi connectivity index (χ3v) is 3.48. The summed E-state index contributed by atoms with van der Waals surface area (Å²) in [7, 11) is 0. The normalized spacial score (nSPS) is 11.7. The first kappa shape index (κ1) is 15.4. The fourth-order valence-corrected chi connectivity index (χ4v) is 2.21. The molecule has 0 fully saturated rings. The molecule has 0 amide bonds. The first-order valence-electron chi connectivity index (χ1n) is 5.59. The van der Waals surface area contributed by atoms with Crippen LogP contribution >= 0.6 is 11.8 Å². The molecule has 0 spiro atoms. The molecular weight excluding hydrogens is 271 g/mol. The van der Waals surface area contributed by atoms with E-state index in [9.17, 15) is 18.8 Å². The lowest BCUT2D eigenvalue weighted by molar-refractivity contribution is -0.153. The van der Waals surface area contributed by atoms with E-state index in [-0.39, 0.29) is 6.61 Å². The van der Waals surface area contributed by atoms with Crippen LogP contribution in [0.2, 0.25) is 0 Å². The highest BCUT2D eigenvalue weighted by atomic mass is 32.2. The molecule has 1 aromatic carbocycles. The van der Waals surface area contributed by atoms with Crippen LogP contribution in [-0.2, 0) is 19.1 Å². The van der Waals surface area contributed by atoms with Gasteiger partial charge in [0.1, 0.15) is 11.1 Å². The lowest BCUT2D eigenvalue weighted by Gasteiger charge is -2.11. The average molecular weight is 284 g/mol. The van der Waals surface area contributed by atoms with E-state index >= 15 is 0 Å². The molecule has 0 aliphatic rings. The van der Waals surface area contributed by atoms with Crippen LogP contribution in [0.4, 0.5) is 4.39 Å². The summed E-state index contributed by atoms with van der Waals surface area (Å²) < 4.78 is 17.3. The molecule has 0 N–H and O–H groups in total. The highest BCUT2D eigenvalue weighted by molar-refractivity contribution is 8.01. The second-order valence-electron chi connectivity index (χ2n) is 3.65. The Bertz CT molecular complexity index is 484. The molecule has 0 bridgehead atoms. The Morgan fingerprint density at radius 3 is 2.32 bits per heavy atom. The predicted molar refractivity (Wildman–Crippen MR) is 68.4 cm³/mol. The first-order valence-corrected chi connectivity index (χ1v) is 6.47. The quantitative estimate of drug-likeness (QED) is 0.346. The summed E-state index contributed by atoms with van der Waals surface area (Å²) in [5.41, 5.74) is 0. The molecule has 0 radical (unpaired) electrons. The van der Waals surface area contributed by atoms with E-state index in [0.717, 1.165) is 11.8 Å². The Labute approximate surface area is 114 Å². The number of benzene rings is 1. The Kier molecular flexibility index (Phi) is 5.69. The van der Waals surface area contributed by atoms with Crippen molar-refractivity contribution in [2.45, 2.75) is 24.0 Å². The fraction of sp³-hybridized carbons (Fsp3) is 0.308. The van der Waals surface area contributed by atoms with Crippen molar-refractivity contribution in [3.8, 4) is 0 Å². The van der Waals surface area contributed by atoms with Crippen LogP contribution in [-0.4, -0.2) is 29.4 Å². The van der Waals surface area contributed by atoms with Gasteiger partial charge in [0.15, 0.2) is 5.78 Å². The van der Waals surface area contributed by atoms with Gasteiger partial charge in [-0.15, -0.1) is 11.8 Å². The second-order valence-corrected chi connectivity index (χ2v) is 4.83. The van der Waals surface area contributed by atoms with E-state index in [1.165, 1.54) is 31.2 Å². The molecule has 102 valence electrons. The Balaban J connectivity index is 2.84. The van der Waals surface area contributed by atoms with Crippen molar-refractivity contribution in [1.29, 1.82) is 0 Å². The zero-order valence-corrected chi connectivity index (χ0v) is 11.3. The van der Waals surface area contributed by atoms with Crippen LogP contribution in [0.1, 0.15) is 13.8 Å². The van der Waals surface area contributed by atoms with E-state index in [1.807, 2.05) is 0 Å². The van der Waals surface area contributed by atoms with Gasteiger partial charge in [0.05, 0.1) is 6.61 Å². The molecule has 19 heavy (non-hydrogen) atoms. The standard InChI is InChI=1S/C13H13FO4S/c1-3-18-13(17)11(16)12(8(2)15)19-10-6-4-9(14)5-7-10/h4-7,12H,3H2,1-2H3. The monoisotopic (exact) mass is 284 g/mol. The first-order chi connectivity index (χ1) is 8.95. The maximum absolute atomic E-state index is 12.8. The minimum atomic E-state index is -1.16. The van der Waals surface area contributed by atoms with Gasteiger partial charge < -0.3 is 4.74 Å². The summed E-state index contributed by atoms with van der Waals surface area (Å²) in [4.78, 5) is 35.1. The zero-order valence-electron chi connectivity index (χ0n) is 10.5. The number of halogens is 1. The van der Waals surface area contributed by atoms with Gasteiger partial charge in [0.25, 0.3) is 5.78 Å². The van der Waals surface area contributed by atoms with Gasteiger partial charge in [-0.3, -0.25) is 9.59 Å². The van der Waals surface area contributed by atoms with Crippen molar-refractivity contribution < 1.29 is 23.5 Å². The van der Waals surface area contributed by atoms with Crippen LogP contribution in [0.3, 0.4) is 0 Å². The minimum absolute atomic E-state index is 0.0659. The Morgan fingerprint density at radius 1 is 1.26 bits per heavy atom. The van der Waals surface area contributed by atoms with Crippen LogP contribution in [0, 0.1) is 5.82 Å². The topological polar surface area (TPSA) is 60.4 Å². The van der Waals surface area contributed by atoms with E-state index in [2.05, 4.69) is 4.74 Å². The molecule has 1 aromatic rings. The van der Waals surface area contributed by atoms with E-state index in [4.69, 9.17) is 0 Å². The molecule has 0 heterocycles. The molecule has 0 aromatic heterocycles. The SMILES string of the molecule is CCOC(=O)C(=O)C(Sc1ccc(F)cc1)C(C)=O. The number of Topliss-reactive ketones (excluding diaryl/α,β-unsaturated/α-hetero) is 2. The van der Waals surface area contributed by atoms with Gasteiger partial charge in [-0.25, -0.2) is 9.18 Å². The van der Waals surface area contributed by atoms with Gasteiger partial charge in [-0.2, -0.15) is 0 Å². The summed E-state index contributed by atoms with van der Waals surface area (Å²) in [5.74, 6) is -2.80. The van der Waals surface area contributed by atoms with Crippen LogP contribution in [0.15, 0.2) is 29.2 Å². The van der Waals surface area contributed by atoms with Gasteiger partial charge in [0, 0.05) is 4.90 Å². The molecule has 0 aliphatic carbocycles. The minimum Gasteiger partial charge on any atom is -0.460 e. The van der Waals surface area contributed by atoms with E-state index < -0.39 is 28.6 Å². The largest absolute Gasteiger partial charge is 0.460 e. The molecule has 0 aliphatic heterocycles. The number of ether oxygens (including phenoxy) is 1. The lowest BCUT2D eigenvalue weighted by atomic mass is 10.2. The maximum atomic E-state index is 12.8. The summed E-state index contributed by atoms with van der Waals surface area (Å²) in [6, 6.07) is 5.31. The highest BCUT2D eigenvalue weighted by Crippen LogP contribution is 2.25. The van der Waals surface area contributed by atoms with Gasteiger partial charge in [-0.1, -0.05) is 0 Å². The molecule has 1 atom stereocenters. The number of esters is 1. The predicted octanol–water partition coefficient (Wildman–Crippen LogP) is 2.01. The lowest BCUT2D eigenvalue weighted by Crippen LogP contribution is -2.32. The summed E-state index contributed by atoms with van der Waals surface area (Å²) in [5, 5.41) is -1.16. The number of thioether (sulfide) groups is 1. The van der Waals surface area contributed by atoms with Crippen LogP contribution in [0.25, 0.3) is 0 Å². The maximum Gasteiger partial charge on any atom is 0.376 e. The number of hydrogen-bond acceptors (Lipinski definition) is 5. The number of hydrogen-bond donors (Lipinski definition) is 0. The molecule has 1 unspecified atom stereocenters. The third kappa shape index (κ3) is 4.48. The van der Waals surface area contributed by atoms with Crippen molar-refractivity contribution in [2.24, 2.45) is 0 Å². The number of carbonyl (C=O) groups is 3. The molecule has 6 heteroatoms. The van der Waals surface area contributed by atoms with E-state index in [0.29, 0.717) is 4.90 Å². The molecule has 1 rings (SSSR count). The Hall–Kier alpha value is -1.69. The van der Waals surface area contributed by atoms with Crippen LogP contribution in [0.5, 0.6) is 0 Å². The van der Waals surface area contributed by atoms with Crippen molar-refractivity contribution in [3.63, 3.8) is 0 Å². The Morgan fingerprint density at radius 2 is 1.84 bits per heavy atom. The summed E-state index contributed by atoms with van der Waals surface area (Å²) in [6.45, 7) is 2.86. The smallest absolute Gasteiger partial charge is 0.376 e. The van der Waals surface area contributed by atoms with E-state index in [1.54, 1.807) is 6.92 Å². The van der Waals surface area contributed by atoms with Crippen molar-refractivity contribution in [3.05, 3.63) is 30.1 Å². The third-order valence-electron chi connectivity index (χ3n) is 2.15. The summed E-state index contributed by atoms with van der Waals surface area (Å²) >= 11 is 0.901. The molecule has 4 nitrogen and oxygen atoms in total. The van der Waals surface area contributed by atoms with Crippen molar-refractivity contribution in [1.82, 2.24) is 0 Å². The van der Waals surface area contributed by atoms with Crippen molar-refractivity contribution >= 4 is 29.3 Å². The molecular formula is C13H13FO4S. The number of carbonyl (C=O) groups excluding carboxylic acids is 3. The second kappa shape index (κ2) is 7.04. The van der Waals surface area contributed by atoms with Crippen LogP contribution < -0.4 is 0 Å². The average Bonchev–Trinajstić information content (AvgIpc) is 2.37. The number of rotatable bonds is 6. The van der Waals surface area contributed by atoms with Gasteiger partial charge >= 0.3 is 5.97 Å². The molecule has 0 saturated carbocycles. The zero-order chi connectivity index (χ0) is 14.4. The highest BCUT2D eigenvalue weighted by Gasteiger charge is 2.31. The molecule has 0 saturated heterocycles. The van der Waals surface area contributed by atoms with Crippen molar-refractivity contribution in [2.75, 3.05) is 6.61 Å². The van der Waals surface area contributed by atoms with Gasteiger partial charge in [-0.05, 0) is 38.1 Å².